The van der Waals surface area contributed by atoms with E-state index in [1.807, 2.05) is 54.6 Å². The first kappa shape index (κ1) is 39.4. The predicted molar refractivity (Wildman–Crippen MR) is 208 cm³/mol. The number of benzene rings is 3. The topological polar surface area (TPSA) is 71.1 Å². The highest BCUT2D eigenvalue weighted by Gasteiger charge is 2.23. The Labute approximate surface area is 313 Å². The Balaban J connectivity index is 1.03. The molecule has 5 rings (SSSR count). The molecule has 6 heteroatoms. The summed E-state index contributed by atoms with van der Waals surface area (Å²) in [6.45, 7) is 5.83. The van der Waals surface area contributed by atoms with Crippen molar-refractivity contribution in [3.63, 3.8) is 0 Å². The van der Waals surface area contributed by atoms with Crippen LogP contribution in [-0.2, 0) is 9.47 Å². The van der Waals surface area contributed by atoms with Crippen LogP contribution in [-0.4, -0.2) is 31.8 Å². The zero-order chi connectivity index (χ0) is 36.4. The minimum Gasteiger partial charge on any atom is -0.494 e. The van der Waals surface area contributed by atoms with Crippen molar-refractivity contribution in [2.75, 3.05) is 19.8 Å². The second kappa shape index (κ2) is 21.7. The molecule has 0 unspecified atom stereocenters. The molecule has 2 saturated carbocycles. The Bertz CT molecular complexity index is 1440. The van der Waals surface area contributed by atoms with Gasteiger partial charge in [0.05, 0.1) is 24.3 Å². The molecule has 2 aliphatic carbocycles. The summed E-state index contributed by atoms with van der Waals surface area (Å²) in [5.74, 6) is 4.06. The fourth-order valence-corrected chi connectivity index (χ4v) is 8.23. The third kappa shape index (κ3) is 13.0. The molecule has 0 N–H and O–H groups in total. The van der Waals surface area contributed by atoms with Crippen LogP contribution in [0.2, 0.25) is 0 Å². The van der Waals surface area contributed by atoms with Gasteiger partial charge in [0, 0.05) is 0 Å². The first-order valence-corrected chi connectivity index (χ1v) is 20.4. The van der Waals surface area contributed by atoms with E-state index in [1.54, 1.807) is 24.3 Å². The summed E-state index contributed by atoms with van der Waals surface area (Å²) in [6.07, 6.45) is 20.1. The maximum Gasteiger partial charge on any atom is 0.338 e. The molecule has 3 aromatic rings. The molecular weight excluding hydrogens is 648 g/mol. The van der Waals surface area contributed by atoms with Gasteiger partial charge in [-0.25, -0.2) is 9.59 Å². The van der Waals surface area contributed by atoms with Crippen LogP contribution in [0.1, 0.15) is 149 Å². The van der Waals surface area contributed by atoms with Gasteiger partial charge in [-0.3, -0.25) is 0 Å². The van der Waals surface area contributed by atoms with Crippen molar-refractivity contribution >= 4 is 11.9 Å². The number of ether oxygens (including phenoxy) is 4. The van der Waals surface area contributed by atoms with Crippen molar-refractivity contribution in [2.45, 2.75) is 123 Å². The molecule has 0 aromatic heterocycles. The minimum atomic E-state index is -0.755. The van der Waals surface area contributed by atoms with E-state index >= 15 is 0 Å². The molecule has 0 saturated heterocycles. The van der Waals surface area contributed by atoms with Gasteiger partial charge >= 0.3 is 11.9 Å². The molecule has 2 fully saturated rings. The highest BCUT2D eigenvalue weighted by atomic mass is 16.6. The lowest BCUT2D eigenvalue weighted by Gasteiger charge is -2.28. The number of esters is 2. The monoisotopic (exact) mass is 710 g/mol. The fourth-order valence-electron chi connectivity index (χ4n) is 8.23. The molecule has 6 nitrogen and oxygen atoms in total. The summed E-state index contributed by atoms with van der Waals surface area (Å²) >= 11 is 0. The lowest BCUT2D eigenvalue weighted by atomic mass is 9.78. The molecule has 2 aliphatic rings. The van der Waals surface area contributed by atoms with Crippen LogP contribution in [0.4, 0.5) is 0 Å². The number of hydrogen-bond donors (Lipinski definition) is 0. The highest BCUT2D eigenvalue weighted by Crippen LogP contribution is 2.35. The molecule has 282 valence electrons. The summed E-state index contributed by atoms with van der Waals surface area (Å²) < 4.78 is 23.5. The standard InChI is InChI=1S/C46H62O6/c1-3-10-35-16-20-37(21-17-35)12-8-32-49-42-28-24-40(25-29-42)45(47)51-34-44(39-14-6-5-7-15-39)52-46(48)41-26-30-43(31-27-41)50-33-9-13-38-22-18-36(11-4-2)19-23-38/h5-7,14-15,24-31,35-38,44H,3-4,8-13,16-23,32-34H2,1-2H3/t35?,36?,37?,38?,44-/m0/s1. The Morgan fingerprint density at radius 3 is 1.42 bits per heavy atom. The van der Waals surface area contributed by atoms with Crippen LogP contribution >= 0.6 is 0 Å². The van der Waals surface area contributed by atoms with Gasteiger partial charge in [0.15, 0.2) is 6.10 Å². The van der Waals surface area contributed by atoms with Crippen molar-refractivity contribution in [1.29, 1.82) is 0 Å². The average molecular weight is 711 g/mol. The Morgan fingerprint density at radius 1 is 0.558 bits per heavy atom. The largest absolute Gasteiger partial charge is 0.494 e. The zero-order valence-corrected chi connectivity index (χ0v) is 31.8. The lowest BCUT2D eigenvalue weighted by Crippen LogP contribution is -2.19. The summed E-state index contributed by atoms with van der Waals surface area (Å²) in [5.41, 5.74) is 1.59. The van der Waals surface area contributed by atoms with Gasteiger partial charge < -0.3 is 18.9 Å². The summed E-state index contributed by atoms with van der Waals surface area (Å²) in [5, 5.41) is 0. The number of carbonyl (C=O) groups is 2. The van der Waals surface area contributed by atoms with E-state index in [0.29, 0.717) is 24.3 Å². The van der Waals surface area contributed by atoms with E-state index in [-0.39, 0.29) is 6.61 Å². The van der Waals surface area contributed by atoms with E-state index in [4.69, 9.17) is 18.9 Å². The van der Waals surface area contributed by atoms with Crippen LogP contribution < -0.4 is 9.47 Å². The molecular formula is C46H62O6. The number of hydrogen-bond acceptors (Lipinski definition) is 6. The first-order valence-electron chi connectivity index (χ1n) is 20.4. The molecule has 0 aliphatic heterocycles. The molecule has 52 heavy (non-hydrogen) atoms. The van der Waals surface area contributed by atoms with Gasteiger partial charge in [0.25, 0.3) is 0 Å². The van der Waals surface area contributed by atoms with Crippen LogP contribution in [0.25, 0.3) is 0 Å². The van der Waals surface area contributed by atoms with Gasteiger partial charge in [-0.2, -0.15) is 0 Å². The van der Waals surface area contributed by atoms with Gasteiger partial charge in [0.1, 0.15) is 18.1 Å². The smallest absolute Gasteiger partial charge is 0.338 e. The second-order valence-electron chi connectivity index (χ2n) is 15.3. The lowest BCUT2D eigenvalue weighted by molar-refractivity contribution is -0.00134. The van der Waals surface area contributed by atoms with E-state index < -0.39 is 18.0 Å². The van der Waals surface area contributed by atoms with Gasteiger partial charge in [-0.1, -0.05) is 121 Å². The highest BCUT2D eigenvalue weighted by molar-refractivity contribution is 5.90. The van der Waals surface area contributed by atoms with E-state index in [9.17, 15) is 9.59 Å². The second-order valence-corrected chi connectivity index (χ2v) is 15.3. The van der Waals surface area contributed by atoms with Gasteiger partial charge in [-0.05, 0) is 103 Å². The maximum absolute atomic E-state index is 13.2. The van der Waals surface area contributed by atoms with E-state index in [0.717, 1.165) is 53.6 Å². The minimum absolute atomic E-state index is 0.103. The van der Waals surface area contributed by atoms with Gasteiger partial charge in [0.2, 0.25) is 0 Å². The molecule has 0 radical (unpaired) electrons. The molecule has 0 amide bonds. The van der Waals surface area contributed by atoms with Crippen LogP contribution in [0, 0.1) is 23.7 Å². The van der Waals surface area contributed by atoms with Crippen LogP contribution in [0.3, 0.4) is 0 Å². The third-order valence-corrected chi connectivity index (χ3v) is 11.3. The molecule has 1 atom stereocenters. The SMILES string of the molecule is CCCC1CCC(CCCOc2ccc(C(=O)OC[C@H](OC(=O)c3ccc(OCCCC4CCC(CCC)CC4)cc3)c3ccccc3)cc2)CC1. The molecule has 0 bridgehead atoms. The van der Waals surface area contributed by atoms with Crippen molar-refractivity contribution < 1.29 is 28.5 Å². The quantitative estimate of drug-likeness (QED) is 0.0858. The Hall–Kier alpha value is -3.80. The Morgan fingerprint density at radius 2 is 0.981 bits per heavy atom. The normalized spacial score (nSPS) is 20.8. The molecule has 3 aromatic carbocycles. The van der Waals surface area contributed by atoms with Crippen molar-refractivity contribution in [1.82, 2.24) is 0 Å². The van der Waals surface area contributed by atoms with E-state index in [1.165, 1.54) is 89.9 Å². The van der Waals surface area contributed by atoms with E-state index in [2.05, 4.69) is 13.8 Å². The van der Waals surface area contributed by atoms with Crippen LogP contribution in [0.15, 0.2) is 78.9 Å². The average Bonchev–Trinajstić information content (AvgIpc) is 3.19. The summed E-state index contributed by atoms with van der Waals surface area (Å²) in [4.78, 5) is 26.2. The zero-order valence-electron chi connectivity index (χ0n) is 31.8. The Kier molecular flexibility index (Phi) is 16.4. The number of carbonyl (C=O) groups excluding carboxylic acids is 2. The number of rotatable bonds is 20. The summed E-state index contributed by atoms with van der Waals surface area (Å²) in [6, 6.07) is 23.5. The van der Waals surface area contributed by atoms with Crippen LogP contribution in [0.5, 0.6) is 11.5 Å². The first-order chi connectivity index (χ1) is 25.5. The van der Waals surface area contributed by atoms with Crippen molar-refractivity contribution in [3.8, 4) is 11.5 Å². The van der Waals surface area contributed by atoms with Gasteiger partial charge in [-0.15, -0.1) is 0 Å². The molecule has 0 spiro atoms. The molecule has 0 heterocycles. The summed E-state index contributed by atoms with van der Waals surface area (Å²) in [7, 11) is 0. The third-order valence-electron chi connectivity index (χ3n) is 11.3. The predicted octanol–water partition coefficient (Wildman–Crippen LogP) is 12.0. The fraction of sp³-hybridized carbons (Fsp3) is 0.565. The maximum atomic E-state index is 13.2. The van der Waals surface area contributed by atoms with Crippen molar-refractivity contribution in [3.05, 3.63) is 95.6 Å². The van der Waals surface area contributed by atoms with Crippen molar-refractivity contribution in [2.24, 2.45) is 23.7 Å².